The van der Waals surface area contributed by atoms with Crippen LogP contribution < -0.4 is 10.3 Å². The van der Waals surface area contributed by atoms with E-state index in [0.717, 1.165) is 23.3 Å². The molecule has 29 heavy (non-hydrogen) atoms. The first-order chi connectivity index (χ1) is 14.1. The minimum atomic E-state index is -0.110. The average molecular weight is 409 g/mol. The molecule has 3 heterocycles. The number of morpholine rings is 1. The van der Waals surface area contributed by atoms with Gasteiger partial charge in [0.25, 0.3) is 0 Å². The Labute approximate surface area is 171 Å². The fourth-order valence-corrected chi connectivity index (χ4v) is 4.95. The van der Waals surface area contributed by atoms with E-state index in [4.69, 9.17) is 9.15 Å². The average Bonchev–Trinajstić information content (AvgIpc) is 3.14. The Morgan fingerprint density at radius 3 is 2.76 bits per heavy atom. The summed E-state index contributed by atoms with van der Waals surface area (Å²) >= 11 is 1.48. The zero-order valence-electron chi connectivity index (χ0n) is 16.0. The fraction of sp³-hybridized carbons (Fsp3) is 0.273. The molecule has 2 aromatic heterocycles. The van der Waals surface area contributed by atoms with Gasteiger partial charge in [0.1, 0.15) is 36.2 Å². The quantitative estimate of drug-likeness (QED) is 0.544. The van der Waals surface area contributed by atoms with E-state index in [2.05, 4.69) is 4.98 Å². The zero-order valence-corrected chi connectivity index (χ0v) is 16.8. The number of hydrogen-bond donors (Lipinski definition) is 2. The lowest BCUT2D eigenvalue weighted by molar-refractivity contribution is -0.921. The molecule has 1 aliphatic heterocycles. The van der Waals surface area contributed by atoms with Crippen molar-refractivity contribution in [2.24, 2.45) is 0 Å². The predicted octanol–water partition coefficient (Wildman–Crippen LogP) is 2.50. The van der Waals surface area contributed by atoms with E-state index in [1.807, 2.05) is 24.3 Å². The molecule has 5 rings (SSSR count). The minimum Gasteiger partial charge on any atom is -0.507 e. The highest BCUT2D eigenvalue weighted by Crippen LogP contribution is 2.33. The number of ether oxygens (including phenoxy) is 1. The van der Waals surface area contributed by atoms with E-state index in [9.17, 15) is 9.90 Å². The van der Waals surface area contributed by atoms with Gasteiger partial charge in [0.2, 0.25) is 5.43 Å². The SMILES string of the molecule is Cc1oc2c(C[NH+]3CCOCC3)c(O)ccc2c(=O)c1-c1nc2ccccc2s1. The number of aromatic hydroxyl groups is 1. The van der Waals surface area contributed by atoms with E-state index >= 15 is 0 Å². The van der Waals surface area contributed by atoms with Crippen molar-refractivity contribution in [3.8, 4) is 16.3 Å². The van der Waals surface area contributed by atoms with Gasteiger partial charge in [-0.15, -0.1) is 11.3 Å². The van der Waals surface area contributed by atoms with Gasteiger partial charge in [-0.25, -0.2) is 4.98 Å². The maximum Gasteiger partial charge on any atom is 0.203 e. The molecular weight excluding hydrogens is 388 g/mol. The molecule has 0 saturated carbocycles. The van der Waals surface area contributed by atoms with Crippen LogP contribution in [0.25, 0.3) is 31.8 Å². The molecule has 1 fully saturated rings. The molecule has 2 aromatic carbocycles. The molecule has 0 atom stereocenters. The summed E-state index contributed by atoms with van der Waals surface area (Å²) in [7, 11) is 0. The summed E-state index contributed by atoms with van der Waals surface area (Å²) in [6, 6.07) is 11.1. The van der Waals surface area contributed by atoms with Crippen LogP contribution in [0.3, 0.4) is 0 Å². The normalized spacial score (nSPS) is 15.3. The fourth-order valence-electron chi connectivity index (χ4n) is 3.90. The summed E-state index contributed by atoms with van der Waals surface area (Å²) in [6.07, 6.45) is 0. The molecule has 7 heteroatoms. The van der Waals surface area contributed by atoms with Gasteiger partial charge in [0.15, 0.2) is 5.58 Å². The molecule has 0 spiro atoms. The van der Waals surface area contributed by atoms with Crippen molar-refractivity contribution < 1.29 is 19.2 Å². The van der Waals surface area contributed by atoms with E-state index < -0.39 is 0 Å². The Kier molecular flexibility index (Phi) is 4.58. The number of phenolic OH excluding ortho intramolecular Hbond substituents is 1. The molecule has 0 aliphatic carbocycles. The molecule has 1 aliphatic rings. The van der Waals surface area contributed by atoms with Crippen molar-refractivity contribution in [2.45, 2.75) is 13.5 Å². The van der Waals surface area contributed by atoms with Crippen LogP contribution in [0.2, 0.25) is 0 Å². The number of nitrogens with one attached hydrogen (secondary N) is 1. The Morgan fingerprint density at radius 1 is 1.17 bits per heavy atom. The molecule has 148 valence electrons. The number of quaternary nitrogens is 1. The number of benzene rings is 2. The standard InChI is InChI=1S/C22H20N2O4S/c1-13-19(22-23-16-4-2-3-5-18(16)29-22)20(26)14-6-7-17(25)15(21(14)28-13)12-24-8-10-27-11-9-24/h2-7,25H,8-12H2,1H3/p+1. The van der Waals surface area contributed by atoms with Crippen LogP contribution in [0.15, 0.2) is 45.6 Å². The lowest BCUT2D eigenvalue weighted by Crippen LogP contribution is -3.12. The van der Waals surface area contributed by atoms with Crippen LogP contribution >= 0.6 is 11.3 Å². The highest BCUT2D eigenvalue weighted by atomic mass is 32.1. The van der Waals surface area contributed by atoms with Crippen LogP contribution in [0.5, 0.6) is 5.75 Å². The predicted molar refractivity (Wildman–Crippen MR) is 113 cm³/mol. The minimum absolute atomic E-state index is 0.110. The molecule has 4 aromatic rings. The lowest BCUT2D eigenvalue weighted by Gasteiger charge is -2.24. The van der Waals surface area contributed by atoms with Gasteiger partial charge in [0.05, 0.1) is 39.9 Å². The van der Waals surface area contributed by atoms with Gasteiger partial charge in [-0.1, -0.05) is 12.1 Å². The first kappa shape index (κ1) is 18.3. The van der Waals surface area contributed by atoms with Crippen molar-refractivity contribution in [1.29, 1.82) is 0 Å². The van der Waals surface area contributed by atoms with Crippen molar-refractivity contribution >= 4 is 32.5 Å². The van der Waals surface area contributed by atoms with Crippen molar-refractivity contribution in [2.75, 3.05) is 26.3 Å². The first-order valence-electron chi connectivity index (χ1n) is 9.67. The molecule has 0 amide bonds. The molecule has 0 radical (unpaired) electrons. The Bertz CT molecular complexity index is 1240. The molecule has 1 saturated heterocycles. The topological polar surface area (TPSA) is 77.0 Å². The number of phenols is 1. The van der Waals surface area contributed by atoms with Gasteiger partial charge in [-0.3, -0.25) is 4.79 Å². The van der Waals surface area contributed by atoms with E-state index in [1.165, 1.54) is 16.2 Å². The number of thiazole rings is 1. The van der Waals surface area contributed by atoms with Crippen molar-refractivity contribution in [3.05, 3.63) is 57.9 Å². The van der Waals surface area contributed by atoms with E-state index in [-0.39, 0.29) is 11.2 Å². The van der Waals surface area contributed by atoms with Gasteiger partial charge in [-0.2, -0.15) is 0 Å². The summed E-state index contributed by atoms with van der Waals surface area (Å²) in [5.41, 5.74) is 2.40. The zero-order chi connectivity index (χ0) is 20.0. The van der Waals surface area contributed by atoms with E-state index in [0.29, 0.717) is 52.6 Å². The molecular formula is C22H21N2O4S+. The van der Waals surface area contributed by atoms with Crippen LogP contribution in [-0.2, 0) is 11.3 Å². The van der Waals surface area contributed by atoms with Gasteiger partial charge >= 0.3 is 0 Å². The number of aryl methyl sites for hydroxylation is 1. The summed E-state index contributed by atoms with van der Waals surface area (Å²) in [5, 5.41) is 11.6. The Hall–Kier alpha value is -2.74. The third-order valence-corrected chi connectivity index (χ3v) is 6.50. The largest absolute Gasteiger partial charge is 0.507 e. The van der Waals surface area contributed by atoms with E-state index in [1.54, 1.807) is 19.1 Å². The van der Waals surface area contributed by atoms with Crippen LogP contribution in [0.4, 0.5) is 0 Å². The second-order valence-corrected chi connectivity index (χ2v) is 8.36. The summed E-state index contributed by atoms with van der Waals surface area (Å²) in [6.45, 7) is 5.51. The van der Waals surface area contributed by atoms with Gasteiger partial charge < -0.3 is 19.2 Å². The third kappa shape index (κ3) is 3.21. The monoisotopic (exact) mass is 409 g/mol. The number of fused-ring (bicyclic) bond motifs is 2. The highest BCUT2D eigenvalue weighted by Gasteiger charge is 2.23. The Balaban J connectivity index is 1.66. The maximum atomic E-state index is 13.4. The summed E-state index contributed by atoms with van der Waals surface area (Å²) in [4.78, 5) is 19.3. The molecule has 2 N–H and O–H groups in total. The first-order valence-corrected chi connectivity index (χ1v) is 10.5. The Morgan fingerprint density at radius 2 is 1.97 bits per heavy atom. The van der Waals surface area contributed by atoms with Crippen LogP contribution in [0.1, 0.15) is 11.3 Å². The number of aromatic nitrogens is 1. The summed E-state index contributed by atoms with van der Waals surface area (Å²) in [5.74, 6) is 0.678. The number of para-hydroxylation sites is 1. The molecule has 0 unspecified atom stereocenters. The second-order valence-electron chi connectivity index (χ2n) is 7.33. The van der Waals surface area contributed by atoms with Gasteiger partial charge in [-0.05, 0) is 31.2 Å². The number of nitrogens with zero attached hydrogens (tertiary/aromatic N) is 1. The van der Waals surface area contributed by atoms with Crippen molar-refractivity contribution in [1.82, 2.24) is 4.98 Å². The van der Waals surface area contributed by atoms with Gasteiger partial charge in [0, 0.05) is 0 Å². The van der Waals surface area contributed by atoms with Crippen LogP contribution in [-0.4, -0.2) is 36.4 Å². The molecule has 0 bridgehead atoms. The number of rotatable bonds is 3. The van der Waals surface area contributed by atoms with Crippen molar-refractivity contribution in [3.63, 3.8) is 0 Å². The number of hydrogen-bond acceptors (Lipinski definition) is 6. The smallest absolute Gasteiger partial charge is 0.203 e. The second kappa shape index (κ2) is 7.26. The molecule has 6 nitrogen and oxygen atoms in total. The maximum absolute atomic E-state index is 13.4. The van der Waals surface area contributed by atoms with Crippen LogP contribution in [0, 0.1) is 6.92 Å². The highest BCUT2D eigenvalue weighted by molar-refractivity contribution is 7.21. The lowest BCUT2D eigenvalue weighted by atomic mass is 10.1. The third-order valence-electron chi connectivity index (χ3n) is 5.45. The summed E-state index contributed by atoms with van der Waals surface area (Å²) < 4.78 is 12.6.